The first-order valence-electron chi connectivity index (χ1n) is 7.70. The summed E-state index contributed by atoms with van der Waals surface area (Å²) >= 11 is 0. The van der Waals surface area contributed by atoms with E-state index >= 15 is 0 Å². The molecular weight excluding hydrogens is 286 g/mol. The SMILES string of the molecule is CCCCCC#CC[C@H](CCC)C(=O)NS(=O)(=O)C1C=C1. The second-order valence-electron chi connectivity index (χ2n) is 5.36. The first kappa shape index (κ1) is 17.8. The fraction of sp³-hybridized carbons (Fsp3) is 0.688. The molecule has 1 rings (SSSR count). The molecule has 0 aromatic heterocycles. The molecule has 0 heterocycles. The smallest absolute Gasteiger partial charge is 0.245 e. The van der Waals surface area contributed by atoms with E-state index in [-0.39, 0.29) is 5.92 Å². The molecule has 0 aromatic carbocycles. The van der Waals surface area contributed by atoms with Gasteiger partial charge in [-0.2, -0.15) is 0 Å². The third-order valence-corrected chi connectivity index (χ3v) is 4.85. The minimum absolute atomic E-state index is 0.345. The highest BCUT2D eigenvalue weighted by Gasteiger charge is 2.31. The average molecular weight is 311 g/mol. The average Bonchev–Trinajstić information content (AvgIpc) is 3.25. The minimum atomic E-state index is -3.55. The van der Waals surface area contributed by atoms with Gasteiger partial charge in [-0.05, 0) is 12.8 Å². The molecule has 0 fully saturated rings. The van der Waals surface area contributed by atoms with Crippen molar-refractivity contribution < 1.29 is 13.2 Å². The second kappa shape index (κ2) is 8.89. The third kappa shape index (κ3) is 6.81. The van der Waals surface area contributed by atoms with E-state index in [1.165, 1.54) is 6.42 Å². The van der Waals surface area contributed by atoms with Gasteiger partial charge in [0.15, 0.2) is 0 Å². The van der Waals surface area contributed by atoms with Gasteiger partial charge in [-0.3, -0.25) is 9.52 Å². The van der Waals surface area contributed by atoms with E-state index in [1.807, 2.05) is 6.92 Å². The van der Waals surface area contributed by atoms with E-state index in [0.29, 0.717) is 12.8 Å². The molecule has 4 nitrogen and oxygen atoms in total. The van der Waals surface area contributed by atoms with Crippen molar-refractivity contribution >= 4 is 15.9 Å². The maximum absolute atomic E-state index is 12.1. The molecule has 1 aliphatic rings. The monoisotopic (exact) mass is 311 g/mol. The summed E-state index contributed by atoms with van der Waals surface area (Å²) in [5.41, 5.74) is 0. The zero-order chi connectivity index (χ0) is 15.7. The molecule has 1 aliphatic carbocycles. The summed E-state index contributed by atoms with van der Waals surface area (Å²) in [4.78, 5) is 12.1. The van der Waals surface area contributed by atoms with Gasteiger partial charge in [-0.25, -0.2) is 8.42 Å². The largest absolute Gasteiger partial charge is 0.274 e. The van der Waals surface area contributed by atoms with Crippen LogP contribution in [0.5, 0.6) is 0 Å². The van der Waals surface area contributed by atoms with Crippen LogP contribution in [0.1, 0.15) is 58.8 Å². The molecule has 0 saturated carbocycles. The molecule has 1 atom stereocenters. The van der Waals surface area contributed by atoms with Crippen molar-refractivity contribution in [2.24, 2.45) is 5.92 Å². The summed E-state index contributed by atoms with van der Waals surface area (Å²) < 4.78 is 25.6. The van der Waals surface area contributed by atoms with Crippen LogP contribution in [0.15, 0.2) is 12.2 Å². The maximum Gasteiger partial charge on any atom is 0.245 e. The van der Waals surface area contributed by atoms with Crippen molar-refractivity contribution in [1.82, 2.24) is 4.72 Å². The Morgan fingerprint density at radius 2 is 1.90 bits per heavy atom. The first-order valence-corrected chi connectivity index (χ1v) is 9.25. The van der Waals surface area contributed by atoms with Crippen molar-refractivity contribution in [3.8, 4) is 11.8 Å². The van der Waals surface area contributed by atoms with Gasteiger partial charge >= 0.3 is 0 Å². The zero-order valence-electron chi connectivity index (χ0n) is 12.9. The molecule has 1 N–H and O–H groups in total. The fourth-order valence-electron chi connectivity index (χ4n) is 1.97. The van der Waals surface area contributed by atoms with Crippen LogP contribution in [0.2, 0.25) is 0 Å². The number of hydrogen-bond donors (Lipinski definition) is 1. The lowest BCUT2D eigenvalue weighted by molar-refractivity contribution is -0.123. The number of nitrogens with one attached hydrogen (secondary N) is 1. The lowest BCUT2D eigenvalue weighted by Crippen LogP contribution is -2.38. The van der Waals surface area contributed by atoms with E-state index in [1.54, 1.807) is 12.2 Å². The van der Waals surface area contributed by atoms with E-state index in [4.69, 9.17) is 0 Å². The van der Waals surface area contributed by atoms with Crippen molar-refractivity contribution in [1.29, 1.82) is 0 Å². The van der Waals surface area contributed by atoms with Crippen LogP contribution in [-0.2, 0) is 14.8 Å². The predicted octanol–water partition coefficient (Wildman–Crippen LogP) is 2.76. The molecule has 1 amide bonds. The maximum atomic E-state index is 12.1. The first-order chi connectivity index (χ1) is 10.0. The molecule has 0 aliphatic heterocycles. The summed E-state index contributed by atoms with van der Waals surface area (Å²) in [5.74, 6) is 5.32. The second-order valence-corrected chi connectivity index (χ2v) is 7.20. The number of hydrogen-bond acceptors (Lipinski definition) is 3. The number of amides is 1. The van der Waals surface area contributed by atoms with E-state index in [0.717, 1.165) is 25.7 Å². The lowest BCUT2D eigenvalue weighted by atomic mass is 9.99. The molecule has 0 aromatic rings. The van der Waals surface area contributed by atoms with Crippen LogP contribution in [0, 0.1) is 17.8 Å². The summed E-state index contributed by atoms with van der Waals surface area (Å²) in [5, 5.41) is -0.608. The van der Waals surface area contributed by atoms with Crippen molar-refractivity contribution in [2.75, 3.05) is 0 Å². The topological polar surface area (TPSA) is 63.2 Å². The van der Waals surface area contributed by atoms with Gasteiger partial charge in [0.1, 0.15) is 5.25 Å². The quantitative estimate of drug-likeness (QED) is 0.404. The molecule has 5 heteroatoms. The Kier molecular flexibility index (Phi) is 7.52. The molecule has 0 bridgehead atoms. The van der Waals surface area contributed by atoms with Crippen molar-refractivity contribution in [3.05, 3.63) is 12.2 Å². The van der Waals surface area contributed by atoms with Crippen LogP contribution < -0.4 is 4.72 Å². The van der Waals surface area contributed by atoms with Gasteiger partial charge in [0, 0.05) is 18.8 Å². The van der Waals surface area contributed by atoms with Gasteiger partial charge in [0.05, 0.1) is 0 Å². The van der Waals surface area contributed by atoms with Gasteiger partial charge in [-0.15, -0.1) is 11.8 Å². The van der Waals surface area contributed by atoms with Gasteiger partial charge in [0.2, 0.25) is 15.9 Å². The van der Waals surface area contributed by atoms with E-state index in [2.05, 4.69) is 23.5 Å². The highest BCUT2D eigenvalue weighted by molar-refractivity contribution is 7.91. The Morgan fingerprint density at radius 1 is 1.19 bits per heavy atom. The molecule has 0 saturated heterocycles. The number of carbonyl (C=O) groups is 1. The van der Waals surface area contributed by atoms with E-state index < -0.39 is 21.2 Å². The van der Waals surface area contributed by atoms with Gasteiger partial charge in [0.25, 0.3) is 0 Å². The van der Waals surface area contributed by atoms with Crippen molar-refractivity contribution in [2.45, 2.75) is 64.0 Å². The molecule has 0 radical (unpaired) electrons. The number of unbranched alkanes of at least 4 members (excludes halogenated alkanes) is 3. The van der Waals surface area contributed by atoms with Crippen LogP contribution in [0.3, 0.4) is 0 Å². The summed E-state index contributed by atoms with van der Waals surface area (Å²) in [6.07, 6.45) is 9.28. The number of rotatable bonds is 9. The van der Waals surface area contributed by atoms with Crippen LogP contribution >= 0.6 is 0 Å². The van der Waals surface area contributed by atoms with Crippen molar-refractivity contribution in [3.63, 3.8) is 0 Å². The molecule has 0 spiro atoms. The highest BCUT2D eigenvalue weighted by atomic mass is 32.2. The Labute approximate surface area is 128 Å². The Hall–Kier alpha value is -1.28. The molecule has 21 heavy (non-hydrogen) atoms. The van der Waals surface area contributed by atoms with Gasteiger partial charge in [-0.1, -0.05) is 45.3 Å². The standard InChI is InChI=1S/C16H25NO3S/c1-3-5-6-7-8-9-11-14(10-4-2)16(18)17-21(19,20)15-12-13-15/h12-15H,3-7,10-11H2,1-2H3,(H,17,18)/t14-/m0/s1. The highest BCUT2D eigenvalue weighted by Crippen LogP contribution is 2.17. The van der Waals surface area contributed by atoms with Gasteiger partial charge < -0.3 is 0 Å². The molecular formula is C16H25NO3S. The number of carbonyl (C=O) groups excluding carboxylic acids is 1. The van der Waals surface area contributed by atoms with Crippen LogP contribution in [0.4, 0.5) is 0 Å². The lowest BCUT2D eigenvalue weighted by Gasteiger charge is -2.13. The Bertz CT molecular complexity index is 519. The van der Waals surface area contributed by atoms with Crippen LogP contribution in [0.25, 0.3) is 0 Å². The fourth-order valence-corrected chi connectivity index (χ4v) is 3.05. The summed E-state index contributed by atoms with van der Waals surface area (Å²) in [7, 11) is -3.55. The van der Waals surface area contributed by atoms with E-state index in [9.17, 15) is 13.2 Å². The van der Waals surface area contributed by atoms with Crippen LogP contribution in [-0.4, -0.2) is 19.6 Å². The Morgan fingerprint density at radius 3 is 2.48 bits per heavy atom. The summed E-state index contributed by atoms with van der Waals surface area (Å²) in [6, 6.07) is 0. The molecule has 118 valence electrons. The number of sulfonamides is 1. The zero-order valence-corrected chi connectivity index (χ0v) is 13.7. The minimum Gasteiger partial charge on any atom is -0.274 e. The summed E-state index contributed by atoms with van der Waals surface area (Å²) in [6.45, 7) is 4.12. The normalized spacial score (nSPS) is 15.1. The Balaban J connectivity index is 2.45. The third-order valence-electron chi connectivity index (χ3n) is 3.34. The predicted molar refractivity (Wildman–Crippen MR) is 84.9 cm³/mol. The molecule has 0 unspecified atom stereocenters.